The Morgan fingerprint density at radius 3 is 1.77 bits per heavy atom. The summed E-state index contributed by atoms with van der Waals surface area (Å²) in [5, 5.41) is 34.4. The standard InChI is InChI=1S/C9H18O3.C7H14O3/c1-2-3-4-5-6-8(10)7-9(11)12;1-2-3-4-5-6(8)7(9)10/h8,10H,2-7H2,1H3,(H,11,12);6,8H,2-5H2,1H3,(H,9,10). The van der Waals surface area contributed by atoms with E-state index in [4.69, 9.17) is 20.4 Å². The number of aliphatic carboxylic acids is 2. The van der Waals surface area contributed by atoms with Gasteiger partial charge in [0.1, 0.15) is 0 Å². The average molecular weight is 320 g/mol. The minimum absolute atomic E-state index is 0.119. The molecule has 0 saturated carbocycles. The first kappa shape index (κ1) is 23.1. The van der Waals surface area contributed by atoms with Crippen molar-refractivity contribution in [1.29, 1.82) is 0 Å². The van der Waals surface area contributed by atoms with E-state index in [1.165, 1.54) is 6.42 Å². The monoisotopic (exact) mass is 320 g/mol. The van der Waals surface area contributed by atoms with Gasteiger partial charge in [0, 0.05) is 0 Å². The molecule has 0 aliphatic heterocycles. The van der Waals surface area contributed by atoms with E-state index in [0.717, 1.165) is 38.5 Å². The highest BCUT2D eigenvalue weighted by Gasteiger charge is 2.11. The van der Waals surface area contributed by atoms with Crippen molar-refractivity contribution in [3.8, 4) is 0 Å². The van der Waals surface area contributed by atoms with Crippen LogP contribution in [0.15, 0.2) is 0 Å². The van der Waals surface area contributed by atoms with E-state index in [9.17, 15) is 9.59 Å². The number of aliphatic hydroxyl groups excluding tert-OH is 2. The second kappa shape index (κ2) is 16.2. The molecule has 0 rings (SSSR count). The largest absolute Gasteiger partial charge is 0.481 e. The topological polar surface area (TPSA) is 115 Å². The fraction of sp³-hybridized carbons (Fsp3) is 0.875. The molecular weight excluding hydrogens is 288 g/mol. The number of unbranched alkanes of at least 4 members (excludes halogenated alkanes) is 5. The summed E-state index contributed by atoms with van der Waals surface area (Å²) in [5.41, 5.74) is 0. The van der Waals surface area contributed by atoms with Crippen molar-refractivity contribution in [2.75, 3.05) is 0 Å². The summed E-state index contributed by atoms with van der Waals surface area (Å²) >= 11 is 0. The number of hydrogen-bond donors (Lipinski definition) is 4. The molecule has 0 aromatic heterocycles. The van der Waals surface area contributed by atoms with Crippen LogP contribution in [0, 0.1) is 0 Å². The summed E-state index contributed by atoms with van der Waals surface area (Å²) in [7, 11) is 0. The minimum Gasteiger partial charge on any atom is -0.481 e. The molecule has 2 unspecified atom stereocenters. The Kier molecular flexibility index (Phi) is 17.1. The lowest BCUT2D eigenvalue weighted by atomic mass is 10.1. The molecule has 2 atom stereocenters. The van der Waals surface area contributed by atoms with Crippen LogP contribution < -0.4 is 0 Å². The summed E-state index contributed by atoms with van der Waals surface area (Å²) in [6.07, 6.45) is 6.25. The van der Waals surface area contributed by atoms with Crippen LogP contribution in [0.4, 0.5) is 0 Å². The molecule has 0 amide bonds. The molecule has 0 bridgehead atoms. The molecule has 0 aromatic rings. The maximum atomic E-state index is 10.1. The summed E-state index contributed by atoms with van der Waals surface area (Å²) in [5.74, 6) is -2.03. The Balaban J connectivity index is 0. The zero-order valence-electron chi connectivity index (χ0n) is 13.8. The number of carbonyl (C=O) groups is 2. The van der Waals surface area contributed by atoms with Crippen LogP contribution in [-0.4, -0.2) is 44.6 Å². The highest BCUT2D eigenvalue weighted by Crippen LogP contribution is 2.07. The molecular formula is C16H32O6. The van der Waals surface area contributed by atoms with Gasteiger partial charge in [0.25, 0.3) is 0 Å². The Labute approximate surface area is 133 Å². The highest BCUT2D eigenvalue weighted by atomic mass is 16.4. The third-order valence-corrected chi connectivity index (χ3v) is 3.17. The number of rotatable bonds is 12. The van der Waals surface area contributed by atoms with Gasteiger partial charge in [-0.2, -0.15) is 0 Å². The molecule has 0 radical (unpaired) electrons. The van der Waals surface area contributed by atoms with Gasteiger partial charge in [-0.05, 0) is 12.8 Å². The minimum atomic E-state index is -1.16. The first-order valence-electron chi connectivity index (χ1n) is 8.15. The predicted octanol–water partition coefficient (Wildman–Crippen LogP) is 2.80. The molecule has 0 saturated heterocycles. The second-order valence-corrected chi connectivity index (χ2v) is 5.45. The maximum absolute atomic E-state index is 10.1. The lowest BCUT2D eigenvalue weighted by molar-refractivity contribution is -0.147. The molecule has 0 aromatic carbocycles. The smallest absolute Gasteiger partial charge is 0.332 e. The van der Waals surface area contributed by atoms with Crippen LogP contribution in [0.5, 0.6) is 0 Å². The zero-order valence-corrected chi connectivity index (χ0v) is 13.8. The molecule has 4 N–H and O–H groups in total. The van der Waals surface area contributed by atoms with Crippen molar-refractivity contribution < 1.29 is 30.0 Å². The summed E-state index contributed by atoms with van der Waals surface area (Å²) in [6.45, 7) is 4.15. The van der Waals surface area contributed by atoms with Gasteiger partial charge in [0.05, 0.1) is 12.5 Å². The van der Waals surface area contributed by atoms with Gasteiger partial charge in [0.2, 0.25) is 0 Å². The summed E-state index contributed by atoms with van der Waals surface area (Å²) < 4.78 is 0. The van der Waals surface area contributed by atoms with Gasteiger partial charge in [-0.3, -0.25) is 4.79 Å². The number of hydrogen-bond acceptors (Lipinski definition) is 4. The predicted molar refractivity (Wildman–Crippen MR) is 84.8 cm³/mol. The molecule has 22 heavy (non-hydrogen) atoms. The Morgan fingerprint density at radius 1 is 0.818 bits per heavy atom. The first-order valence-corrected chi connectivity index (χ1v) is 8.15. The quantitative estimate of drug-likeness (QED) is 0.411. The third kappa shape index (κ3) is 18.9. The van der Waals surface area contributed by atoms with E-state index in [1.54, 1.807) is 0 Å². The van der Waals surface area contributed by atoms with Gasteiger partial charge in [0.15, 0.2) is 6.10 Å². The van der Waals surface area contributed by atoms with Gasteiger partial charge >= 0.3 is 11.9 Å². The lowest BCUT2D eigenvalue weighted by Crippen LogP contribution is -2.18. The fourth-order valence-corrected chi connectivity index (χ4v) is 1.82. The Morgan fingerprint density at radius 2 is 1.32 bits per heavy atom. The van der Waals surface area contributed by atoms with E-state index >= 15 is 0 Å². The summed E-state index contributed by atoms with van der Waals surface area (Å²) in [6, 6.07) is 0. The second-order valence-electron chi connectivity index (χ2n) is 5.45. The molecule has 0 spiro atoms. The van der Waals surface area contributed by atoms with Crippen molar-refractivity contribution >= 4 is 11.9 Å². The van der Waals surface area contributed by atoms with Gasteiger partial charge in [-0.1, -0.05) is 58.8 Å². The fourth-order valence-electron chi connectivity index (χ4n) is 1.82. The van der Waals surface area contributed by atoms with Gasteiger partial charge < -0.3 is 20.4 Å². The first-order chi connectivity index (χ1) is 10.3. The van der Waals surface area contributed by atoms with Gasteiger partial charge in [-0.25, -0.2) is 4.79 Å². The highest BCUT2D eigenvalue weighted by molar-refractivity contribution is 5.71. The third-order valence-electron chi connectivity index (χ3n) is 3.17. The van der Waals surface area contributed by atoms with E-state index < -0.39 is 24.1 Å². The van der Waals surface area contributed by atoms with Crippen LogP contribution in [0.2, 0.25) is 0 Å². The van der Waals surface area contributed by atoms with Crippen LogP contribution >= 0.6 is 0 Å². The van der Waals surface area contributed by atoms with Crippen LogP contribution in [0.3, 0.4) is 0 Å². The molecule has 0 aliphatic carbocycles. The average Bonchev–Trinajstić information content (AvgIpc) is 2.43. The van der Waals surface area contributed by atoms with E-state index in [-0.39, 0.29) is 6.42 Å². The molecule has 0 heterocycles. The Bertz CT molecular complexity index is 280. The van der Waals surface area contributed by atoms with Crippen molar-refractivity contribution in [1.82, 2.24) is 0 Å². The zero-order chi connectivity index (χ0) is 17.4. The van der Waals surface area contributed by atoms with Gasteiger partial charge in [-0.15, -0.1) is 0 Å². The van der Waals surface area contributed by atoms with Crippen LogP contribution in [-0.2, 0) is 9.59 Å². The molecule has 6 nitrogen and oxygen atoms in total. The molecule has 0 fully saturated rings. The maximum Gasteiger partial charge on any atom is 0.332 e. The lowest BCUT2D eigenvalue weighted by Gasteiger charge is -2.06. The van der Waals surface area contributed by atoms with E-state index in [2.05, 4.69) is 6.92 Å². The van der Waals surface area contributed by atoms with Crippen molar-refractivity contribution in [3.05, 3.63) is 0 Å². The van der Waals surface area contributed by atoms with Crippen LogP contribution in [0.25, 0.3) is 0 Å². The summed E-state index contributed by atoms with van der Waals surface area (Å²) in [4.78, 5) is 20.2. The van der Waals surface area contributed by atoms with Crippen molar-refractivity contribution in [2.24, 2.45) is 0 Å². The van der Waals surface area contributed by atoms with E-state index in [0.29, 0.717) is 12.8 Å². The number of carboxylic acid groups (broad SMARTS) is 2. The molecule has 6 heteroatoms. The van der Waals surface area contributed by atoms with Crippen molar-refractivity contribution in [3.63, 3.8) is 0 Å². The Hall–Kier alpha value is -1.14. The number of carboxylic acids is 2. The molecule has 0 aliphatic rings. The van der Waals surface area contributed by atoms with E-state index in [1.807, 2.05) is 6.92 Å². The van der Waals surface area contributed by atoms with Crippen LogP contribution in [0.1, 0.15) is 78.1 Å². The normalized spacial score (nSPS) is 12.9. The SMILES string of the molecule is CCCCCC(O)C(=O)O.CCCCCCC(O)CC(=O)O. The number of aliphatic hydroxyl groups is 2. The van der Waals surface area contributed by atoms with Crippen molar-refractivity contribution in [2.45, 2.75) is 90.3 Å². The molecule has 132 valence electrons.